The van der Waals surface area contributed by atoms with E-state index in [9.17, 15) is 14.4 Å². The van der Waals surface area contributed by atoms with E-state index < -0.39 is 11.8 Å². The van der Waals surface area contributed by atoms with E-state index in [4.69, 9.17) is 4.74 Å². The van der Waals surface area contributed by atoms with Crippen molar-refractivity contribution >= 4 is 17.5 Å². The molecule has 0 spiro atoms. The van der Waals surface area contributed by atoms with E-state index in [1.165, 1.54) is 24.6 Å². The molecule has 0 radical (unpaired) electrons. The van der Waals surface area contributed by atoms with Crippen LogP contribution in [0.1, 0.15) is 66.7 Å². The molecule has 0 heterocycles. The van der Waals surface area contributed by atoms with Gasteiger partial charge in [0.1, 0.15) is 0 Å². The van der Waals surface area contributed by atoms with E-state index in [1.54, 1.807) is 0 Å². The number of carbonyl (C=O) groups excluding carboxylic acids is 3. The van der Waals surface area contributed by atoms with Crippen molar-refractivity contribution in [3.63, 3.8) is 0 Å². The number of rotatable bonds is 3. The molecular formula is C23H30O4. The van der Waals surface area contributed by atoms with Crippen molar-refractivity contribution in [3.05, 3.63) is 35.1 Å². The SMILES string of the molecule is CC(=O)OC1=C(CC2(C)C(C)CCC3(C)C(C)=CCCC32)C(=O)C=CC1=O. The number of ether oxygens (including phenoxy) is 1. The molecule has 0 amide bonds. The lowest BCUT2D eigenvalue weighted by molar-refractivity contribution is -0.140. The first-order chi connectivity index (χ1) is 12.6. The molecule has 0 aromatic rings. The molecule has 0 aliphatic heterocycles. The van der Waals surface area contributed by atoms with Gasteiger partial charge in [-0.1, -0.05) is 32.4 Å². The molecule has 4 unspecified atom stereocenters. The average Bonchev–Trinajstić information content (AvgIpc) is 2.60. The van der Waals surface area contributed by atoms with Gasteiger partial charge in [-0.3, -0.25) is 14.4 Å². The van der Waals surface area contributed by atoms with Crippen molar-refractivity contribution in [2.75, 3.05) is 0 Å². The van der Waals surface area contributed by atoms with Gasteiger partial charge in [-0.2, -0.15) is 0 Å². The molecular weight excluding hydrogens is 340 g/mol. The standard InChI is InChI=1S/C23H30O4/c1-14-7-6-8-20-22(14,4)12-11-15(2)23(20,5)13-17-18(25)9-10-19(26)21(17)27-16(3)24/h7,9-10,15,20H,6,8,11-13H2,1-5H3. The van der Waals surface area contributed by atoms with Crippen LogP contribution in [-0.2, 0) is 19.1 Å². The minimum absolute atomic E-state index is 0.0706. The maximum atomic E-state index is 12.7. The van der Waals surface area contributed by atoms with Crippen molar-refractivity contribution in [3.8, 4) is 0 Å². The lowest BCUT2D eigenvalue weighted by Gasteiger charge is -2.58. The Labute approximate surface area is 161 Å². The highest BCUT2D eigenvalue weighted by molar-refractivity contribution is 6.19. The molecule has 4 heteroatoms. The van der Waals surface area contributed by atoms with Gasteiger partial charge in [0.25, 0.3) is 0 Å². The molecule has 146 valence electrons. The van der Waals surface area contributed by atoms with Crippen LogP contribution in [0.2, 0.25) is 0 Å². The van der Waals surface area contributed by atoms with Gasteiger partial charge >= 0.3 is 5.97 Å². The molecule has 0 aromatic carbocycles. The summed E-state index contributed by atoms with van der Waals surface area (Å²) in [6, 6.07) is 0. The summed E-state index contributed by atoms with van der Waals surface area (Å²) >= 11 is 0. The number of esters is 1. The van der Waals surface area contributed by atoms with Crippen LogP contribution in [-0.4, -0.2) is 17.5 Å². The van der Waals surface area contributed by atoms with Crippen LogP contribution in [0.5, 0.6) is 0 Å². The fourth-order valence-corrected chi connectivity index (χ4v) is 5.60. The summed E-state index contributed by atoms with van der Waals surface area (Å²) in [5.74, 6) is -0.398. The number of hydrogen-bond donors (Lipinski definition) is 0. The third kappa shape index (κ3) is 3.24. The van der Waals surface area contributed by atoms with Gasteiger partial charge in [0.2, 0.25) is 5.78 Å². The Morgan fingerprint density at radius 3 is 2.52 bits per heavy atom. The quantitative estimate of drug-likeness (QED) is 0.410. The molecule has 0 saturated heterocycles. The summed E-state index contributed by atoms with van der Waals surface area (Å²) in [4.78, 5) is 36.5. The second kappa shape index (κ2) is 6.88. The summed E-state index contributed by atoms with van der Waals surface area (Å²) < 4.78 is 5.20. The Hall–Kier alpha value is -1.97. The molecule has 4 atom stereocenters. The lowest BCUT2D eigenvalue weighted by Crippen LogP contribution is -2.50. The molecule has 1 fully saturated rings. The fourth-order valence-electron chi connectivity index (χ4n) is 5.60. The van der Waals surface area contributed by atoms with E-state index in [0.717, 1.165) is 25.7 Å². The summed E-state index contributed by atoms with van der Waals surface area (Å²) in [5, 5.41) is 0. The van der Waals surface area contributed by atoms with Crippen molar-refractivity contribution in [2.24, 2.45) is 22.7 Å². The van der Waals surface area contributed by atoms with Gasteiger partial charge in [-0.25, -0.2) is 0 Å². The summed E-state index contributed by atoms with van der Waals surface area (Å²) in [5.41, 5.74) is 1.80. The van der Waals surface area contributed by atoms with Crippen molar-refractivity contribution in [1.29, 1.82) is 0 Å². The topological polar surface area (TPSA) is 60.4 Å². The van der Waals surface area contributed by atoms with E-state index in [1.807, 2.05) is 0 Å². The highest BCUT2D eigenvalue weighted by atomic mass is 16.5. The minimum atomic E-state index is -0.568. The van der Waals surface area contributed by atoms with Gasteiger partial charge < -0.3 is 4.74 Å². The Bertz CT molecular complexity index is 784. The first kappa shape index (κ1) is 19.8. The zero-order valence-electron chi connectivity index (χ0n) is 17.1. The molecule has 27 heavy (non-hydrogen) atoms. The second-order valence-electron chi connectivity index (χ2n) is 9.02. The average molecular weight is 370 g/mol. The first-order valence-corrected chi connectivity index (χ1v) is 9.95. The molecule has 4 nitrogen and oxygen atoms in total. The van der Waals surface area contributed by atoms with Crippen LogP contribution in [0.4, 0.5) is 0 Å². The number of fused-ring (bicyclic) bond motifs is 1. The van der Waals surface area contributed by atoms with E-state index in [-0.39, 0.29) is 22.4 Å². The molecule has 3 rings (SSSR count). The molecule has 1 saturated carbocycles. The smallest absolute Gasteiger partial charge is 0.308 e. The van der Waals surface area contributed by atoms with Gasteiger partial charge in [0.05, 0.1) is 0 Å². The minimum Gasteiger partial charge on any atom is -0.422 e. The van der Waals surface area contributed by atoms with Gasteiger partial charge in [-0.15, -0.1) is 0 Å². The fraction of sp³-hybridized carbons (Fsp3) is 0.609. The third-order valence-electron chi connectivity index (χ3n) is 7.58. The van der Waals surface area contributed by atoms with Crippen molar-refractivity contribution in [1.82, 2.24) is 0 Å². The predicted molar refractivity (Wildman–Crippen MR) is 104 cm³/mol. The van der Waals surface area contributed by atoms with Gasteiger partial charge in [0.15, 0.2) is 11.5 Å². The van der Waals surface area contributed by atoms with Crippen LogP contribution in [0.25, 0.3) is 0 Å². The first-order valence-electron chi connectivity index (χ1n) is 9.95. The maximum Gasteiger partial charge on any atom is 0.308 e. The van der Waals surface area contributed by atoms with Crippen LogP contribution in [0.3, 0.4) is 0 Å². The van der Waals surface area contributed by atoms with Crippen molar-refractivity contribution < 1.29 is 19.1 Å². The second-order valence-corrected chi connectivity index (χ2v) is 9.02. The lowest BCUT2D eigenvalue weighted by atomic mass is 9.46. The Morgan fingerprint density at radius 2 is 1.85 bits per heavy atom. The van der Waals surface area contributed by atoms with Crippen LogP contribution < -0.4 is 0 Å². The van der Waals surface area contributed by atoms with Gasteiger partial charge in [0, 0.05) is 12.5 Å². The van der Waals surface area contributed by atoms with Crippen LogP contribution >= 0.6 is 0 Å². The molecule has 0 bridgehead atoms. The van der Waals surface area contributed by atoms with E-state index in [0.29, 0.717) is 23.8 Å². The van der Waals surface area contributed by atoms with Gasteiger partial charge in [-0.05, 0) is 73.8 Å². The zero-order chi connectivity index (χ0) is 20.0. The Morgan fingerprint density at radius 1 is 1.19 bits per heavy atom. The van der Waals surface area contributed by atoms with Crippen LogP contribution in [0, 0.1) is 22.7 Å². The molecule has 3 aliphatic rings. The normalized spacial score (nSPS) is 36.4. The third-order valence-corrected chi connectivity index (χ3v) is 7.58. The van der Waals surface area contributed by atoms with Crippen LogP contribution in [0.15, 0.2) is 35.1 Å². The Kier molecular flexibility index (Phi) is 5.04. The Balaban J connectivity index is 2.05. The van der Waals surface area contributed by atoms with Crippen molar-refractivity contribution in [2.45, 2.75) is 66.7 Å². The predicted octanol–water partition coefficient (Wildman–Crippen LogP) is 4.70. The summed E-state index contributed by atoms with van der Waals surface area (Å²) in [6.07, 6.45) is 9.72. The monoisotopic (exact) mass is 370 g/mol. The molecule has 3 aliphatic carbocycles. The zero-order valence-corrected chi connectivity index (χ0v) is 17.1. The number of allylic oxidation sites excluding steroid dienone is 5. The highest BCUT2D eigenvalue weighted by Gasteiger charge is 2.54. The highest BCUT2D eigenvalue weighted by Crippen LogP contribution is 2.62. The number of ketones is 2. The largest absolute Gasteiger partial charge is 0.422 e. The number of carbonyl (C=O) groups is 3. The number of hydrogen-bond acceptors (Lipinski definition) is 4. The summed E-state index contributed by atoms with van der Waals surface area (Å²) in [6.45, 7) is 10.3. The van der Waals surface area contributed by atoms with E-state index >= 15 is 0 Å². The maximum absolute atomic E-state index is 12.7. The molecule has 0 aromatic heterocycles. The van der Waals surface area contributed by atoms with E-state index in [2.05, 4.69) is 33.8 Å². The molecule has 0 N–H and O–H groups in total. The summed E-state index contributed by atoms with van der Waals surface area (Å²) in [7, 11) is 0.